The molecule has 1 heterocycles. The number of methoxy groups -OCH3 is 1. The molecule has 0 unspecified atom stereocenters. The molecule has 9 heteroatoms. The number of hydrogen-bond donors (Lipinski definition) is 2. The Morgan fingerprint density at radius 2 is 1.80 bits per heavy atom. The second kappa shape index (κ2) is 10.5. The average Bonchev–Trinajstić information content (AvgIpc) is 3.17. The number of carbonyl (C=O) groups excluding carboxylic acids is 2. The van der Waals surface area contributed by atoms with Crippen LogP contribution in [0.3, 0.4) is 0 Å². The van der Waals surface area contributed by atoms with Gasteiger partial charge in [-0.3, -0.25) is 9.59 Å². The number of ether oxygens (including phenoxy) is 1. The lowest BCUT2D eigenvalue weighted by atomic mass is 10.2. The number of hydrogen-bond acceptors (Lipinski definition) is 6. The van der Waals surface area contributed by atoms with E-state index in [0.717, 1.165) is 15.7 Å². The zero-order valence-corrected chi connectivity index (χ0v) is 18.8. The SMILES string of the molecule is COc1ccc(NC(=O)CSc2nc(CC(=O)Nc3ccc(C)c(Cl)c3)cs2)cc1. The van der Waals surface area contributed by atoms with Crippen LogP contribution in [0.2, 0.25) is 5.02 Å². The van der Waals surface area contributed by atoms with E-state index in [9.17, 15) is 9.59 Å². The van der Waals surface area contributed by atoms with Crippen molar-refractivity contribution in [2.45, 2.75) is 17.7 Å². The van der Waals surface area contributed by atoms with Crippen LogP contribution in [-0.2, 0) is 16.0 Å². The maximum Gasteiger partial charge on any atom is 0.234 e. The molecule has 1 aromatic heterocycles. The van der Waals surface area contributed by atoms with Crippen LogP contribution in [0.5, 0.6) is 5.75 Å². The van der Waals surface area contributed by atoms with Gasteiger partial charge < -0.3 is 15.4 Å². The molecular weight excluding hydrogens is 442 g/mol. The van der Waals surface area contributed by atoms with Gasteiger partial charge in [-0.2, -0.15) is 0 Å². The minimum absolute atomic E-state index is 0.129. The number of carbonyl (C=O) groups is 2. The molecule has 2 amide bonds. The first-order valence-corrected chi connectivity index (χ1v) is 11.2. The molecule has 0 spiro atoms. The van der Waals surface area contributed by atoms with Gasteiger partial charge in [-0.15, -0.1) is 11.3 Å². The molecule has 3 aromatic rings. The Hall–Kier alpha value is -2.55. The molecule has 0 aliphatic carbocycles. The first kappa shape index (κ1) is 22.1. The molecular formula is C21H20ClN3O3S2. The molecule has 3 rings (SSSR count). The molecule has 0 bridgehead atoms. The lowest BCUT2D eigenvalue weighted by Crippen LogP contribution is -2.15. The van der Waals surface area contributed by atoms with Crippen LogP contribution in [0.25, 0.3) is 0 Å². The summed E-state index contributed by atoms with van der Waals surface area (Å²) in [5.41, 5.74) is 2.96. The third-order valence-electron chi connectivity index (χ3n) is 4.03. The molecule has 0 fully saturated rings. The lowest BCUT2D eigenvalue weighted by molar-refractivity contribution is -0.116. The zero-order valence-electron chi connectivity index (χ0n) is 16.4. The average molecular weight is 462 g/mol. The molecule has 0 atom stereocenters. The van der Waals surface area contributed by atoms with Crippen LogP contribution in [0.4, 0.5) is 11.4 Å². The summed E-state index contributed by atoms with van der Waals surface area (Å²) in [6.07, 6.45) is 0.153. The fraction of sp³-hybridized carbons (Fsp3) is 0.190. The number of aromatic nitrogens is 1. The number of amides is 2. The summed E-state index contributed by atoms with van der Waals surface area (Å²) in [5, 5.41) is 8.07. The highest BCUT2D eigenvalue weighted by Crippen LogP contribution is 2.24. The third-order valence-corrected chi connectivity index (χ3v) is 6.51. The molecule has 0 aliphatic rings. The predicted octanol–water partition coefficient (Wildman–Crippen LogP) is 5.03. The lowest BCUT2D eigenvalue weighted by Gasteiger charge is -2.06. The topological polar surface area (TPSA) is 80.3 Å². The normalized spacial score (nSPS) is 10.5. The highest BCUT2D eigenvalue weighted by Gasteiger charge is 2.11. The van der Waals surface area contributed by atoms with Crippen molar-refractivity contribution in [2.75, 3.05) is 23.5 Å². The van der Waals surface area contributed by atoms with E-state index in [1.54, 1.807) is 37.4 Å². The van der Waals surface area contributed by atoms with Crippen molar-refractivity contribution in [3.63, 3.8) is 0 Å². The number of nitrogens with one attached hydrogen (secondary N) is 2. The minimum atomic E-state index is -0.172. The van der Waals surface area contributed by atoms with Crippen molar-refractivity contribution >= 4 is 57.9 Å². The van der Waals surface area contributed by atoms with E-state index < -0.39 is 0 Å². The van der Waals surface area contributed by atoms with Crippen LogP contribution < -0.4 is 15.4 Å². The summed E-state index contributed by atoms with van der Waals surface area (Å²) < 4.78 is 5.83. The van der Waals surface area contributed by atoms with E-state index in [0.29, 0.717) is 22.1 Å². The second-order valence-electron chi connectivity index (χ2n) is 6.36. The predicted molar refractivity (Wildman–Crippen MR) is 123 cm³/mol. The van der Waals surface area contributed by atoms with Crippen molar-refractivity contribution in [1.82, 2.24) is 4.98 Å². The maximum atomic E-state index is 12.2. The van der Waals surface area contributed by atoms with Crippen LogP contribution in [0.15, 0.2) is 52.2 Å². The fourth-order valence-corrected chi connectivity index (χ4v) is 4.30. The number of halogens is 1. The molecule has 0 saturated heterocycles. The summed E-state index contributed by atoms with van der Waals surface area (Å²) >= 11 is 8.82. The first-order chi connectivity index (χ1) is 14.4. The van der Waals surface area contributed by atoms with Gasteiger partial charge in [-0.05, 0) is 48.9 Å². The first-order valence-electron chi connectivity index (χ1n) is 9.00. The van der Waals surface area contributed by atoms with E-state index >= 15 is 0 Å². The molecule has 156 valence electrons. The van der Waals surface area contributed by atoms with E-state index in [1.807, 2.05) is 24.4 Å². The van der Waals surface area contributed by atoms with Gasteiger partial charge in [0, 0.05) is 21.8 Å². The molecule has 2 aromatic carbocycles. The number of aryl methyl sites for hydroxylation is 1. The van der Waals surface area contributed by atoms with E-state index in [4.69, 9.17) is 16.3 Å². The number of thioether (sulfide) groups is 1. The van der Waals surface area contributed by atoms with Crippen molar-refractivity contribution in [3.8, 4) is 5.75 Å². The molecule has 0 aliphatic heterocycles. The monoisotopic (exact) mass is 461 g/mol. The number of thiazole rings is 1. The van der Waals surface area contributed by atoms with Crippen LogP contribution in [0, 0.1) is 6.92 Å². The highest BCUT2D eigenvalue weighted by molar-refractivity contribution is 8.01. The molecule has 0 saturated carbocycles. The number of benzene rings is 2. The van der Waals surface area contributed by atoms with Crippen molar-refractivity contribution in [1.29, 1.82) is 0 Å². The Morgan fingerprint density at radius 3 is 2.50 bits per heavy atom. The van der Waals surface area contributed by atoms with Gasteiger partial charge in [0.2, 0.25) is 11.8 Å². The fourth-order valence-electron chi connectivity index (χ4n) is 2.47. The summed E-state index contributed by atoms with van der Waals surface area (Å²) in [7, 11) is 1.59. The highest BCUT2D eigenvalue weighted by atomic mass is 35.5. The second-order valence-corrected chi connectivity index (χ2v) is 8.85. The summed E-state index contributed by atoms with van der Waals surface area (Å²) in [4.78, 5) is 28.8. The van der Waals surface area contributed by atoms with E-state index in [-0.39, 0.29) is 24.0 Å². The van der Waals surface area contributed by atoms with Crippen molar-refractivity contribution in [2.24, 2.45) is 0 Å². The zero-order chi connectivity index (χ0) is 21.5. The molecule has 2 N–H and O–H groups in total. The third kappa shape index (κ3) is 6.48. The number of nitrogens with zero attached hydrogens (tertiary/aromatic N) is 1. The number of anilines is 2. The van der Waals surface area contributed by atoms with Crippen LogP contribution in [-0.4, -0.2) is 29.7 Å². The summed E-state index contributed by atoms with van der Waals surface area (Å²) in [5.74, 6) is 0.657. The van der Waals surface area contributed by atoms with Gasteiger partial charge in [0.15, 0.2) is 4.34 Å². The molecule has 6 nitrogen and oxygen atoms in total. The Morgan fingerprint density at radius 1 is 1.10 bits per heavy atom. The Balaban J connectivity index is 1.46. The Labute approximate surface area is 188 Å². The Kier molecular flexibility index (Phi) is 7.73. The summed E-state index contributed by atoms with van der Waals surface area (Å²) in [6, 6.07) is 12.5. The Bertz CT molecular complexity index is 1040. The minimum Gasteiger partial charge on any atom is -0.497 e. The van der Waals surface area contributed by atoms with Gasteiger partial charge in [0.25, 0.3) is 0 Å². The van der Waals surface area contributed by atoms with E-state index in [1.165, 1.54) is 23.1 Å². The van der Waals surface area contributed by atoms with E-state index in [2.05, 4.69) is 15.6 Å². The molecule has 30 heavy (non-hydrogen) atoms. The maximum absolute atomic E-state index is 12.2. The van der Waals surface area contributed by atoms with Gasteiger partial charge in [-0.25, -0.2) is 4.98 Å². The van der Waals surface area contributed by atoms with Crippen LogP contribution in [0.1, 0.15) is 11.3 Å². The largest absolute Gasteiger partial charge is 0.497 e. The standard InChI is InChI=1S/C21H20ClN3O3S2/c1-13-3-4-15(9-18(13)22)24-19(26)10-16-11-29-21(25-16)30-12-20(27)23-14-5-7-17(28-2)8-6-14/h3-9,11H,10,12H2,1-2H3,(H,23,27)(H,24,26). The van der Waals surface area contributed by atoms with Gasteiger partial charge >= 0.3 is 0 Å². The quantitative estimate of drug-likeness (QED) is 0.460. The van der Waals surface area contributed by atoms with Crippen molar-refractivity contribution in [3.05, 3.63) is 64.1 Å². The summed E-state index contributed by atoms with van der Waals surface area (Å²) in [6.45, 7) is 1.90. The smallest absolute Gasteiger partial charge is 0.234 e. The van der Waals surface area contributed by atoms with Crippen molar-refractivity contribution < 1.29 is 14.3 Å². The molecule has 0 radical (unpaired) electrons. The number of rotatable bonds is 8. The van der Waals surface area contributed by atoms with Gasteiger partial charge in [-0.1, -0.05) is 29.4 Å². The van der Waals surface area contributed by atoms with Gasteiger partial charge in [0.05, 0.1) is 25.0 Å². The van der Waals surface area contributed by atoms with Gasteiger partial charge in [0.1, 0.15) is 5.75 Å². The van der Waals surface area contributed by atoms with Crippen LogP contribution >= 0.6 is 34.7 Å².